The maximum atomic E-state index is 12.3. The number of hydrogen-bond donors (Lipinski definition) is 3. The van der Waals surface area contributed by atoms with Crippen LogP contribution in [0.4, 0.5) is 4.79 Å². The van der Waals surface area contributed by atoms with E-state index in [0.717, 1.165) is 24.8 Å². The highest BCUT2D eigenvalue weighted by Gasteiger charge is 2.13. The molecule has 0 saturated heterocycles. The summed E-state index contributed by atoms with van der Waals surface area (Å²) in [5, 5.41) is 2.52. The maximum absolute atomic E-state index is 12.3. The van der Waals surface area contributed by atoms with Crippen molar-refractivity contribution in [2.24, 2.45) is 11.5 Å². The fourth-order valence-electron chi connectivity index (χ4n) is 2.15. The van der Waals surface area contributed by atoms with Crippen molar-refractivity contribution in [3.05, 3.63) is 35.9 Å². The molecule has 0 saturated carbocycles. The second kappa shape index (κ2) is 10.6. The summed E-state index contributed by atoms with van der Waals surface area (Å²) in [6.07, 6.45) is 2.73. The molecule has 0 aliphatic heterocycles. The van der Waals surface area contributed by atoms with Gasteiger partial charge in [0.05, 0.1) is 0 Å². The van der Waals surface area contributed by atoms with Crippen LogP contribution in [0.15, 0.2) is 30.3 Å². The van der Waals surface area contributed by atoms with E-state index in [4.69, 9.17) is 11.5 Å². The Bertz CT molecular complexity index is 451. The summed E-state index contributed by atoms with van der Waals surface area (Å²) in [6.45, 7) is 2.36. The lowest BCUT2D eigenvalue weighted by atomic mass is 10.1. The van der Waals surface area contributed by atoms with Crippen molar-refractivity contribution < 1.29 is 9.59 Å². The number of hydrogen-bond acceptors (Lipinski definition) is 3. The van der Waals surface area contributed by atoms with Gasteiger partial charge < -0.3 is 21.7 Å². The molecule has 0 radical (unpaired) electrons. The van der Waals surface area contributed by atoms with E-state index in [0.29, 0.717) is 32.6 Å². The zero-order valence-corrected chi connectivity index (χ0v) is 13.0. The third-order valence-corrected chi connectivity index (χ3v) is 3.32. The Morgan fingerprint density at radius 3 is 2.45 bits per heavy atom. The molecule has 0 bridgehead atoms. The molecule has 6 heteroatoms. The van der Waals surface area contributed by atoms with Crippen LogP contribution < -0.4 is 16.8 Å². The van der Waals surface area contributed by atoms with Gasteiger partial charge in [-0.2, -0.15) is 0 Å². The number of benzene rings is 1. The number of unbranched alkanes of at least 4 members (excludes halogenated alkanes) is 1. The van der Waals surface area contributed by atoms with Crippen molar-refractivity contribution in [2.75, 3.05) is 19.6 Å². The van der Waals surface area contributed by atoms with E-state index in [1.807, 2.05) is 35.2 Å². The molecule has 0 aliphatic rings. The Morgan fingerprint density at radius 2 is 1.82 bits per heavy atom. The molecule has 0 aliphatic carbocycles. The number of carbonyl (C=O) groups excluding carboxylic acids is 2. The molecule has 3 amide bonds. The van der Waals surface area contributed by atoms with Crippen molar-refractivity contribution in [1.82, 2.24) is 10.2 Å². The lowest BCUT2D eigenvalue weighted by Gasteiger charge is -2.23. The molecule has 0 atom stereocenters. The predicted molar refractivity (Wildman–Crippen MR) is 87.0 cm³/mol. The first-order chi connectivity index (χ1) is 10.6. The molecule has 0 unspecified atom stereocenters. The SMILES string of the molecule is NCCCN(Cc1ccccc1)C(=O)CCCCNC(N)=O. The smallest absolute Gasteiger partial charge is 0.312 e. The number of nitrogens with one attached hydrogen (secondary N) is 1. The van der Waals surface area contributed by atoms with Crippen molar-refractivity contribution in [3.63, 3.8) is 0 Å². The standard InChI is InChI=1S/C16H26N4O2/c17-10-6-12-20(13-14-7-2-1-3-8-14)15(21)9-4-5-11-19-16(18)22/h1-3,7-8H,4-6,9-13,17H2,(H3,18,19,22). The predicted octanol–water partition coefficient (Wildman–Crippen LogP) is 1.20. The van der Waals surface area contributed by atoms with Crippen molar-refractivity contribution >= 4 is 11.9 Å². The van der Waals surface area contributed by atoms with Gasteiger partial charge in [0.25, 0.3) is 0 Å². The van der Waals surface area contributed by atoms with Gasteiger partial charge in [0.2, 0.25) is 5.91 Å². The maximum Gasteiger partial charge on any atom is 0.312 e. The average Bonchev–Trinajstić information content (AvgIpc) is 2.51. The highest BCUT2D eigenvalue weighted by atomic mass is 16.2. The lowest BCUT2D eigenvalue weighted by molar-refractivity contribution is -0.132. The zero-order valence-electron chi connectivity index (χ0n) is 13.0. The Morgan fingerprint density at radius 1 is 1.09 bits per heavy atom. The second-order valence-electron chi connectivity index (χ2n) is 5.19. The average molecular weight is 306 g/mol. The zero-order chi connectivity index (χ0) is 16.2. The minimum atomic E-state index is -0.528. The second-order valence-corrected chi connectivity index (χ2v) is 5.19. The molecule has 0 fully saturated rings. The minimum absolute atomic E-state index is 0.122. The molecule has 122 valence electrons. The molecule has 1 aromatic carbocycles. The van der Waals surface area contributed by atoms with E-state index >= 15 is 0 Å². The quantitative estimate of drug-likeness (QED) is 0.566. The molecule has 5 N–H and O–H groups in total. The molecular formula is C16H26N4O2. The summed E-state index contributed by atoms with van der Waals surface area (Å²) in [5.74, 6) is 0.122. The van der Waals surface area contributed by atoms with E-state index < -0.39 is 6.03 Å². The Balaban J connectivity index is 2.41. The van der Waals surface area contributed by atoms with E-state index in [-0.39, 0.29) is 5.91 Å². The van der Waals surface area contributed by atoms with Gasteiger partial charge in [-0.15, -0.1) is 0 Å². The summed E-state index contributed by atoms with van der Waals surface area (Å²) >= 11 is 0. The van der Waals surface area contributed by atoms with E-state index in [1.165, 1.54) is 0 Å². The number of amides is 3. The van der Waals surface area contributed by atoms with Gasteiger partial charge >= 0.3 is 6.03 Å². The van der Waals surface area contributed by atoms with Gasteiger partial charge in [-0.3, -0.25) is 4.79 Å². The van der Waals surface area contributed by atoms with Crippen LogP contribution in [0.25, 0.3) is 0 Å². The number of urea groups is 1. The van der Waals surface area contributed by atoms with Gasteiger partial charge in [-0.25, -0.2) is 4.79 Å². The van der Waals surface area contributed by atoms with Crippen LogP contribution in [0.1, 0.15) is 31.2 Å². The van der Waals surface area contributed by atoms with Crippen LogP contribution in [-0.2, 0) is 11.3 Å². The molecular weight excluding hydrogens is 280 g/mol. The molecule has 0 spiro atoms. The summed E-state index contributed by atoms with van der Waals surface area (Å²) in [5.41, 5.74) is 11.6. The Kier molecular flexibility index (Phi) is 8.67. The first-order valence-electron chi connectivity index (χ1n) is 7.68. The van der Waals surface area contributed by atoms with Crippen molar-refractivity contribution in [1.29, 1.82) is 0 Å². The van der Waals surface area contributed by atoms with Gasteiger partial charge in [0, 0.05) is 26.1 Å². The molecule has 22 heavy (non-hydrogen) atoms. The lowest BCUT2D eigenvalue weighted by Crippen LogP contribution is -2.33. The minimum Gasteiger partial charge on any atom is -0.352 e. The summed E-state index contributed by atoms with van der Waals surface area (Å²) < 4.78 is 0. The third-order valence-electron chi connectivity index (χ3n) is 3.32. The summed E-state index contributed by atoms with van der Waals surface area (Å²) in [4.78, 5) is 24.7. The number of rotatable bonds is 10. The largest absolute Gasteiger partial charge is 0.352 e. The highest BCUT2D eigenvalue weighted by molar-refractivity contribution is 5.76. The highest BCUT2D eigenvalue weighted by Crippen LogP contribution is 2.08. The van der Waals surface area contributed by atoms with Crippen LogP contribution in [0.3, 0.4) is 0 Å². The van der Waals surface area contributed by atoms with E-state index in [9.17, 15) is 9.59 Å². The van der Waals surface area contributed by atoms with Crippen LogP contribution in [0.5, 0.6) is 0 Å². The van der Waals surface area contributed by atoms with Crippen LogP contribution in [-0.4, -0.2) is 36.5 Å². The van der Waals surface area contributed by atoms with Crippen LogP contribution in [0, 0.1) is 0 Å². The van der Waals surface area contributed by atoms with Gasteiger partial charge in [-0.05, 0) is 31.4 Å². The molecule has 1 rings (SSSR count). The summed E-state index contributed by atoms with van der Waals surface area (Å²) in [7, 11) is 0. The first kappa shape index (κ1) is 18.0. The molecule has 0 aromatic heterocycles. The van der Waals surface area contributed by atoms with Gasteiger partial charge in [0.1, 0.15) is 0 Å². The monoisotopic (exact) mass is 306 g/mol. The first-order valence-corrected chi connectivity index (χ1v) is 7.68. The Hall–Kier alpha value is -2.08. The topological polar surface area (TPSA) is 101 Å². The third kappa shape index (κ3) is 7.64. The number of primary amides is 1. The normalized spacial score (nSPS) is 10.2. The molecule has 0 heterocycles. The van der Waals surface area contributed by atoms with Gasteiger partial charge in [0.15, 0.2) is 0 Å². The van der Waals surface area contributed by atoms with Gasteiger partial charge in [-0.1, -0.05) is 30.3 Å². The summed E-state index contributed by atoms with van der Waals surface area (Å²) in [6, 6.07) is 9.40. The Labute approximate surface area is 131 Å². The fourth-order valence-corrected chi connectivity index (χ4v) is 2.15. The van der Waals surface area contributed by atoms with Crippen molar-refractivity contribution in [2.45, 2.75) is 32.2 Å². The number of nitrogens with two attached hydrogens (primary N) is 2. The van der Waals surface area contributed by atoms with E-state index in [1.54, 1.807) is 0 Å². The molecule has 1 aromatic rings. The van der Waals surface area contributed by atoms with Crippen molar-refractivity contribution in [3.8, 4) is 0 Å². The van der Waals surface area contributed by atoms with Crippen LogP contribution >= 0.6 is 0 Å². The fraction of sp³-hybridized carbons (Fsp3) is 0.500. The molecule has 6 nitrogen and oxygen atoms in total. The number of carbonyl (C=O) groups is 2. The number of nitrogens with zero attached hydrogens (tertiary/aromatic N) is 1. The van der Waals surface area contributed by atoms with Crippen LogP contribution in [0.2, 0.25) is 0 Å². The van der Waals surface area contributed by atoms with E-state index in [2.05, 4.69) is 5.32 Å².